The van der Waals surface area contributed by atoms with Crippen LogP contribution in [-0.2, 0) is 16.4 Å². The van der Waals surface area contributed by atoms with E-state index in [0.717, 1.165) is 17.7 Å². The number of sulfonamides is 1. The van der Waals surface area contributed by atoms with Crippen molar-refractivity contribution in [3.05, 3.63) is 54.1 Å². The first-order valence-corrected chi connectivity index (χ1v) is 7.47. The van der Waals surface area contributed by atoms with E-state index in [1.165, 1.54) is 0 Å². The maximum absolute atomic E-state index is 12.2. The van der Waals surface area contributed by atoms with Gasteiger partial charge in [0.1, 0.15) is 5.75 Å². The fourth-order valence-corrected chi connectivity index (χ4v) is 3.13. The molecule has 2 aromatic rings. The predicted octanol–water partition coefficient (Wildman–Crippen LogP) is 2.42. The zero-order valence-corrected chi connectivity index (χ0v) is 11.0. The summed E-state index contributed by atoms with van der Waals surface area (Å²) in [5.74, 6) is 0.836. The molecule has 1 N–H and O–H groups in total. The Balaban J connectivity index is 1.89. The van der Waals surface area contributed by atoms with Crippen LogP contribution in [0.15, 0.2) is 53.4 Å². The maximum atomic E-state index is 12.2. The van der Waals surface area contributed by atoms with Crippen LogP contribution in [-0.4, -0.2) is 15.0 Å². The van der Waals surface area contributed by atoms with Gasteiger partial charge in [0, 0.05) is 12.1 Å². The van der Waals surface area contributed by atoms with Crippen LogP contribution < -0.4 is 9.46 Å². The summed E-state index contributed by atoms with van der Waals surface area (Å²) in [6.07, 6.45) is 0.816. The van der Waals surface area contributed by atoms with Crippen molar-refractivity contribution in [2.45, 2.75) is 11.3 Å². The van der Waals surface area contributed by atoms with Gasteiger partial charge in [-0.25, -0.2) is 8.42 Å². The molecule has 5 heteroatoms. The van der Waals surface area contributed by atoms with E-state index in [-0.39, 0.29) is 4.90 Å². The van der Waals surface area contributed by atoms with Gasteiger partial charge in [0.25, 0.3) is 10.0 Å². The van der Waals surface area contributed by atoms with E-state index in [4.69, 9.17) is 4.74 Å². The molecule has 0 atom stereocenters. The molecule has 0 spiro atoms. The maximum Gasteiger partial charge on any atom is 0.261 e. The summed E-state index contributed by atoms with van der Waals surface area (Å²) in [4.78, 5) is 0.256. The van der Waals surface area contributed by atoms with Crippen LogP contribution in [0.1, 0.15) is 5.56 Å². The minimum absolute atomic E-state index is 0.256. The van der Waals surface area contributed by atoms with Crippen LogP contribution in [0.4, 0.5) is 5.69 Å². The van der Waals surface area contributed by atoms with E-state index in [1.54, 1.807) is 42.5 Å². The molecule has 98 valence electrons. The smallest absolute Gasteiger partial charge is 0.261 e. The summed E-state index contributed by atoms with van der Waals surface area (Å²) in [5, 5.41) is 0. The van der Waals surface area contributed by atoms with Gasteiger partial charge in [-0.1, -0.05) is 18.2 Å². The summed E-state index contributed by atoms with van der Waals surface area (Å²) in [7, 11) is -3.52. The first-order valence-electron chi connectivity index (χ1n) is 5.99. The highest BCUT2D eigenvalue weighted by Crippen LogP contribution is 2.28. The van der Waals surface area contributed by atoms with E-state index in [1.807, 2.05) is 6.07 Å². The zero-order valence-electron chi connectivity index (χ0n) is 10.2. The predicted molar refractivity (Wildman–Crippen MR) is 72.9 cm³/mol. The molecule has 1 aliphatic heterocycles. The Morgan fingerprint density at radius 3 is 2.63 bits per heavy atom. The molecule has 0 aromatic heterocycles. The number of anilines is 1. The van der Waals surface area contributed by atoms with Crippen LogP contribution in [0.5, 0.6) is 5.75 Å². The van der Waals surface area contributed by atoms with Crippen molar-refractivity contribution >= 4 is 15.7 Å². The molecule has 0 fully saturated rings. The first-order chi connectivity index (χ1) is 9.15. The van der Waals surface area contributed by atoms with Gasteiger partial charge in [-0.3, -0.25) is 4.72 Å². The zero-order chi connectivity index (χ0) is 13.3. The second-order valence-corrected chi connectivity index (χ2v) is 6.02. The van der Waals surface area contributed by atoms with Crippen LogP contribution >= 0.6 is 0 Å². The number of hydrogen-bond donors (Lipinski definition) is 1. The van der Waals surface area contributed by atoms with Crippen LogP contribution in [0.2, 0.25) is 0 Å². The van der Waals surface area contributed by atoms with Crippen molar-refractivity contribution in [1.82, 2.24) is 0 Å². The highest BCUT2D eigenvalue weighted by Gasteiger charge is 2.16. The SMILES string of the molecule is O=S(=O)(Nc1ccc2c(c1)CCO2)c1ccccc1. The highest BCUT2D eigenvalue weighted by molar-refractivity contribution is 7.92. The molecule has 4 nitrogen and oxygen atoms in total. The molecule has 0 bridgehead atoms. The van der Waals surface area contributed by atoms with Gasteiger partial charge in [0.05, 0.1) is 11.5 Å². The van der Waals surface area contributed by atoms with Crippen molar-refractivity contribution < 1.29 is 13.2 Å². The number of hydrogen-bond acceptors (Lipinski definition) is 3. The van der Waals surface area contributed by atoms with Crippen LogP contribution in [0.3, 0.4) is 0 Å². The molecular weight excluding hydrogens is 262 g/mol. The normalized spacial score (nSPS) is 13.7. The Morgan fingerprint density at radius 2 is 1.84 bits per heavy atom. The minimum Gasteiger partial charge on any atom is -0.493 e. The van der Waals surface area contributed by atoms with E-state index in [0.29, 0.717) is 12.3 Å². The fourth-order valence-electron chi connectivity index (χ4n) is 2.06. The summed E-state index contributed by atoms with van der Waals surface area (Å²) in [5.41, 5.74) is 1.60. The van der Waals surface area contributed by atoms with Crippen molar-refractivity contribution in [3.8, 4) is 5.75 Å². The van der Waals surface area contributed by atoms with Gasteiger partial charge < -0.3 is 4.74 Å². The quantitative estimate of drug-likeness (QED) is 0.936. The average Bonchev–Trinajstić information content (AvgIpc) is 2.87. The largest absolute Gasteiger partial charge is 0.493 e. The summed E-state index contributed by atoms with van der Waals surface area (Å²) in [6, 6.07) is 13.7. The third-order valence-electron chi connectivity index (χ3n) is 3.00. The molecule has 0 amide bonds. The van der Waals surface area contributed by atoms with Crippen molar-refractivity contribution in [2.24, 2.45) is 0 Å². The molecule has 0 saturated carbocycles. The molecule has 19 heavy (non-hydrogen) atoms. The lowest BCUT2D eigenvalue weighted by molar-refractivity contribution is 0.357. The lowest BCUT2D eigenvalue weighted by Crippen LogP contribution is -2.12. The third kappa shape index (κ3) is 2.42. The van der Waals surface area contributed by atoms with Crippen molar-refractivity contribution in [3.63, 3.8) is 0 Å². The number of nitrogens with one attached hydrogen (secondary N) is 1. The van der Waals surface area contributed by atoms with E-state index in [2.05, 4.69) is 4.72 Å². The Bertz CT molecular complexity index is 696. The topological polar surface area (TPSA) is 55.4 Å². The lowest BCUT2D eigenvalue weighted by atomic mass is 10.1. The van der Waals surface area contributed by atoms with E-state index in [9.17, 15) is 8.42 Å². The molecule has 0 saturated heterocycles. The molecule has 0 unspecified atom stereocenters. The highest BCUT2D eigenvalue weighted by atomic mass is 32.2. The second-order valence-electron chi connectivity index (χ2n) is 4.34. The van der Waals surface area contributed by atoms with Gasteiger partial charge in [-0.05, 0) is 35.9 Å². The molecule has 0 radical (unpaired) electrons. The van der Waals surface area contributed by atoms with Gasteiger partial charge >= 0.3 is 0 Å². The standard InChI is InChI=1S/C14H13NO3S/c16-19(17,13-4-2-1-3-5-13)15-12-6-7-14-11(10-12)8-9-18-14/h1-7,10,15H,8-9H2. The first kappa shape index (κ1) is 12.0. The van der Waals surface area contributed by atoms with Crippen LogP contribution in [0, 0.1) is 0 Å². The van der Waals surface area contributed by atoms with Gasteiger partial charge in [-0.2, -0.15) is 0 Å². The van der Waals surface area contributed by atoms with E-state index < -0.39 is 10.0 Å². The molecule has 2 aromatic carbocycles. The molecule has 0 aliphatic carbocycles. The molecular formula is C14H13NO3S. The average molecular weight is 275 g/mol. The van der Waals surface area contributed by atoms with Gasteiger partial charge in [0.15, 0.2) is 0 Å². The Kier molecular flexibility index (Phi) is 2.91. The third-order valence-corrected chi connectivity index (χ3v) is 4.39. The minimum atomic E-state index is -3.52. The molecule has 1 aliphatic rings. The van der Waals surface area contributed by atoms with Crippen molar-refractivity contribution in [1.29, 1.82) is 0 Å². The number of benzene rings is 2. The van der Waals surface area contributed by atoms with Gasteiger partial charge in [-0.15, -0.1) is 0 Å². The van der Waals surface area contributed by atoms with E-state index >= 15 is 0 Å². The number of ether oxygens (including phenoxy) is 1. The molecule has 1 heterocycles. The Morgan fingerprint density at radius 1 is 1.05 bits per heavy atom. The number of rotatable bonds is 3. The Hall–Kier alpha value is -2.01. The summed E-state index contributed by atoms with van der Waals surface area (Å²) in [6.45, 7) is 0.657. The second kappa shape index (κ2) is 4.59. The Labute approximate surface area is 112 Å². The molecule has 3 rings (SSSR count). The summed E-state index contributed by atoms with van der Waals surface area (Å²) < 4.78 is 32.3. The fraction of sp³-hybridized carbons (Fsp3) is 0.143. The lowest BCUT2D eigenvalue weighted by Gasteiger charge is -2.09. The van der Waals surface area contributed by atoms with Crippen LogP contribution in [0.25, 0.3) is 0 Å². The van der Waals surface area contributed by atoms with Crippen molar-refractivity contribution in [2.75, 3.05) is 11.3 Å². The number of fused-ring (bicyclic) bond motifs is 1. The summed E-state index contributed by atoms with van der Waals surface area (Å²) >= 11 is 0. The van der Waals surface area contributed by atoms with Gasteiger partial charge in [0.2, 0.25) is 0 Å². The monoisotopic (exact) mass is 275 g/mol.